The molecule has 0 aliphatic heterocycles. The monoisotopic (exact) mass is 434 g/mol. The highest BCUT2D eigenvalue weighted by molar-refractivity contribution is 6.85. The molecule has 148 valence electrons. The molecule has 0 amide bonds. The predicted octanol–water partition coefficient (Wildman–Crippen LogP) is 2.55. The molecule has 1 rings (SSSR count). The molecule has 0 N–H and O–H groups in total. The first kappa shape index (κ1) is 24.0. The van der Waals surface area contributed by atoms with Crippen LogP contribution in [-0.2, 0) is 12.3 Å². The van der Waals surface area contributed by atoms with Crippen LogP contribution in [0, 0.1) is 0 Å². The fourth-order valence-corrected chi connectivity index (χ4v) is 12.6. The summed E-state index contributed by atoms with van der Waals surface area (Å²) in [7, 11) is -5.47. The summed E-state index contributed by atoms with van der Waals surface area (Å²) in [5.41, 5.74) is 11.6. The van der Waals surface area contributed by atoms with Crippen LogP contribution in [0.4, 0.5) is 0 Å². The Kier molecular flexibility index (Phi) is 11.0. The van der Waals surface area contributed by atoms with Crippen LogP contribution in [0.2, 0.25) is 0 Å². The molecule has 7 heteroatoms. The van der Waals surface area contributed by atoms with Gasteiger partial charge in [0, 0.05) is 5.19 Å². The van der Waals surface area contributed by atoms with E-state index in [2.05, 4.69) is 89.5 Å². The number of hydrogen-bond acceptors (Lipinski definition) is 3. The van der Waals surface area contributed by atoms with Crippen molar-refractivity contribution >= 4 is 49.4 Å². The second-order valence-electron chi connectivity index (χ2n) is 7.16. The van der Waals surface area contributed by atoms with Crippen LogP contribution in [0.25, 0.3) is 6.08 Å². The standard InChI is InChI=1S/C20H34O3Si4/c1-8-19-9-11-20(12-10-19)27(21-24-13-16(2)3,22-25-14-17(4)5)23-26-15-18(6)7/h8-15H,1,24-26H2,2-7H3. The number of allylic oxidation sites excluding steroid dienone is 3. The summed E-state index contributed by atoms with van der Waals surface area (Å²) >= 11 is 0. The summed E-state index contributed by atoms with van der Waals surface area (Å²) in [6.07, 6.45) is 1.85. The smallest absolute Gasteiger partial charge is 0.415 e. The summed E-state index contributed by atoms with van der Waals surface area (Å²) in [5.74, 6) is 0. The van der Waals surface area contributed by atoms with Gasteiger partial charge < -0.3 is 12.3 Å². The lowest BCUT2D eigenvalue weighted by molar-refractivity contribution is 0.308. The van der Waals surface area contributed by atoms with E-state index >= 15 is 0 Å². The van der Waals surface area contributed by atoms with E-state index in [4.69, 9.17) is 12.3 Å². The van der Waals surface area contributed by atoms with E-state index in [0.29, 0.717) is 0 Å². The van der Waals surface area contributed by atoms with Gasteiger partial charge in [0.2, 0.25) is 0 Å². The van der Waals surface area contributed by atoms with Crippen LogP contribution in [0.1, 0.15) is 47.1 Å². The van der Waals surface area contributed by atoms with Crippen molar-refractivity contribution in [2.24, 2.45) is 0 Å². The molecule has 0 saturated heterocycles. The van der Waals surface area contributed by atoms with E-state index in [0.717, 1.165) is 10.8 Å². The lowest BCUT2D eigenvalue weighted by Crippen LogP contribution is -2.58. The van der Waals surface area contributed by atoms with Gasteiger partial charge >= 0.3 is 8.80 Å². The van der Waals surface area contributed by atoms with Crippen molar-refractivity contribution in [1.82, 2.24) is 0 Å². The van der Waals surface area contributed by atoms with Crippen LogP contribution in [0.15, 0.2) is 64.7 Å². The van der Waals surface area contributed by atoms with E-state index in [9.17, 15) is 0 Å². The maximum absolute atomic E-state index is 6.51. The summed E-state index contributed by atoms with van der Waals surface area (Å²) in [6.45, 7) is 16.5. The first-order valence-corrected chi connectivity index (χ1v) is 15.2. The van der Waals surface area contributed by atoms with Gasteiger partial charge in [0.25, 0.3) is 0 Å². The molecule has 0 bridgehead atoms. The fraction of sp³-hybridized carbons (Fsp3) is 0.300. The molecular weight excluding hydrogens is 401 g/mol. The zero-order valence-electron chi connectivity index (χ0n) is 17.7. The highest BCUT2D eigenvalue weighted by Gasteiger charge is 2.41. The molecule has 0 spiro atoms. The highest BCUT2D eigenvalue weighted by Crippen LogP contribution is 2.12. The van der Waals surface area contributed by atoms with Gasteiger partial charge in [-0.1, -0.05) is 70.7 Å². The van der Waals surface area contributed by atoms with Crippen LogP contribution >= 0.6 is 0 Å². The Morgan fingerprint density at radius 1 is 0.741 bits per heavy atom. The van der Waals surface area contributed by atoms with Gasteiger partial charge in [-0.05, 0) is 47.1 Å². The van der Waals surface area contributed by atoms with Crippen molar-refractivity contribution in [3.05, 3.63) is 70.2 Å². The molecule has 0 unspecified atom stereocenters. The van der Waals surface area contributed by atoms with Crippen molar-refractivity contribution in [3.8, 4) is 0 Å². The predicted molar refractivity (Wildman–Crippen MR) is 129 cm³/mol. The third kappa shape index (κ3) is 9.11. The SMILES string of the molecule is C=Cc1ccc([Si](O[SiH2]C=C(C)C)(O[SiH2]C=C(C)C)O[SiH2]C=C(C)C)cc1. The minimum atomic E-state index is -2.89. The molecule has 27 heavy (non-hydrogen) atoms. The molecule has 1 aromatic carbocycles. The fourth-order valence-electron chi connectivity index (χ4n) is 2.15. The first-order valence-electron chi connectivity index (χ1n) is 9.34. The minimum absolute atomic E-state index is 0.861. The second-order valence-corrected chi connectivity index (χ2v) is 14.5. The Morgan fingerprint density at radius 3 is 1.41 bits per heavy atom. The Balaban J connectivity index is 3.23. The normalized spacial score (nSPS) is 14.0. The van der Waals surface area contributed by atoms with E-state index in [1.54, 1.807) is 0 Å². The van der Waals surface area contributed by atoms with E-state index in [-0.39, 0.29) is 0 Å². The van der Waals surface area contributed by atoms with Gasteiger partial charge in [-0.25, -0.2) is 0 Å². The Hall–Kier alpha value is -1.07. The maximum Gasteiger partial charge on any atom is 0.505 e. The Labute approximate surface area is 173 Å². The van der Waals surface area contributed by atoms with Crippen molar-refractivity contribution in [2.45, 2.75) is 41.5 Å². The topological polar surface area (TPSA) is 27.7 Å². The lowest BCUT2D eigenvalue weighted by Gasteiger charge is -2.30. The number of benzene rings is 1. The number of rotatable bonds is 11. The average Bonchev–Trinajstić information content (AvgIpc) is 2.60. The van der Waals surface area contributed by atoms with Gasteiger partial charge in [0.1, 0.15) is 0 Å². The molecule has 0 saturated carbocycles. The summed E-state index contributed by atoms with van der Waals surface area (Å²) in [4.78, 5) is 0. The number of hydrogen-bond donors (Lipinski definition) is 0. The molecule has 0 heterocycles. The van der Waals surface area contributed by atoms with Crippen LogP contribution in [0.3, 0.4) is 0 Å². The largest absolute Gasteiger partial charge is 0.505 e. The van der Waals surface area contributed by atoms with Gasteiger partial charge in [-0.15, -0.1) is 0 Å². The van der Waals surface area contributed by atoms with E-state index in [1.165, 1.54) is 16.7 Å². The van der Waals surface area contributed by atoms with Crippen LogP contribution in [-0.4, -0.2) is 38.1 Å². The molecular formula is C20H34O3Si4. The zero-order chi connectivity index (χ0) is 20.3. The Bertz CT molecular complexity index is 627. The van der Waals surface area contributed by atoms with E-state index in [1.807, 2.05) is 6.08 Å². The summed E-state index contributed by atoms with van der Waals surface area (Å²) in [5, 5.41) is 1.06. The van der Waals surface area contributed by atoms with Crippen molar-refractivity contribution in [2.75, 3.05) is 0 Å². The van der Waals surface area contributed by atoms with Crippen LogP contribution < -0.4 is 5.19 Å². The maximum atomic E-state index is 6.51. The zero-order valence-corrected chi connectivity index (χ0v) is 22.9. The molecule has 0 fully saturated rings. The van der Waals surface area contributed by atoms with Gasteiger partial charge in [0.15, 0.2) is 29.3 Å². The molecule has 1 aromatic rings. The minimum Gasteiger partial charge on any atom is -0.415 e. The van der Waals surface area contributed by atoms with Crippen molar-refractivity contribution < 1.29 is 12.3 Å². The van der Waals surface area contributed by atoms with Crippen LogP contribution in [0.5, 0.6) is 0 Å². The molecule has 3 nitrogen and oxygen atoms in total. The average molecular weight is 435 g/mol. The highest BCUT2D eigenvalue weighted by atomic mass is 28.5. The third-order valence-electron chi connectivity index (χ3n) is 3.79. The van der Waals surface area contributed by atoms with Gasteiger partial charge in [0.05, 0.1) is 0 Å². The van der Waals surface area contributed by atoms with Crippen molar-refractivity contribution in [3.63, 3.8) is 0 Å². The quantitative estimate of drug-likeness (QED) is 0.501. The first-order chi connectivity index (χ1) is 12.8. The van der Waals surface area contributed by atoms with Crippen molar-refractivity contribution in [1.29, 1.82) is 0 Å². The van der Waals surface area contributed by atoms with Gasteiger partial charge in [-0.3, -0.25) is 0 Å². The molecule has 0 aromatic heterocycles. The van der Waals surface area contributed by atoms with Gasteiger partial charge in [-0.2, -0.15) is 0 Å². The lowest BCUT2D eigenvalue weighted by atomic mass is 10.2. The molecule has 0 aliphatic carbocycles. The summed E-state index contributed by atoms with van der Waals surface area (Å²) in [6, 6.07) is 8.31. The third-order valence-corrected chi connectivity index (χ3v) is 14.3. The molecule has 0 radical (unpaired) electrons. The molecule has 0 atom stereocenters. The second kappa shape index (κ2) is 12.4. The molecule has 0 aliphatic rings. The van der Waals surface area contributed by atoms with E-state index < -0.39 is 38.1 Å². The summed E-state index contributed by atoms with van der Waals surface area (Å²) < 4.78 is 19.5. The Morgan fingerprint density at radius 2 is 1.11 bits per heavy atom.